The van der Waals surface area contributed by atoms with Crippen LogP contribution in [0.2, 0.25) is 0 Å². The number of aliphatic hydroxyl groups excluding tert-OH is 3. The van der Waals surface area contributed by atoms with Crippen LogP contribution in [0.5, 0.6) is 5.75 Å². The summed E-state index contributed by atoms with van der Waals surface area (Å²) >= 11 is 0. The fraction of sp³-hybridized carbons (Fsp3) is 0.438. The molecule has 2 unspecified atom stereocenters. The van der Waals surface area contributed by atoms with Gasteiger partial charge in [-0.2, -0.15) is 0 Å². The van der Waals surface area contributed by atoms with Gasteiger partial charge in [0.2, 0.25) is 6.29 Å². The van der Waals surface area contributed by atoms with Crippen LogP contribution in [0.4, 0.5) is 4.39 Å². The summed E-state index contributed by atoms with van der Waals surface area (Å²) in [6, 6.07) is 3.67. The third-order valence-corrected chi connectivity index (χ3v) is 3.98. The Labute approximate surface area is 135 Å². The van der Waals surface area contributed by atoms with Crippen molar-refractivity contribution < 1.29 is 33.6 Å². The Morgan fingerprint density at radius 2 is 2.08 bits per heavy atom. The molecule has 24 heavy (non-hydrogen) atoms. The van der Waals surface area contributed by atoms with Crippen molar-refractivity contribution >= 4 is 11.0 Å². The van der Waals surface area contributed by atoms with Crippen LogP contribution in [0.15, 0.2) is 27.4 Å². The van der Waals surface area contributed by atoms with Crippen LogP contribution < -0.4 is 10.4 Å². The van der Waals surface area contributed by atoms with Crippen LogP contribution in [0.3, 0.4) is 0 Å². The van der Waals surface area contributed by atoms with Gasteiger partial charge in [0, 0.05) is 23.9 Å². The predicted molar refractivity (Wildman–Crippen MR) is 80.2 cm³/mol. The lowest BCUT2D eigenvalue weighted by Crippen LogP contribution is -2.51. The molecule has 1 aliphatic rings. The first-order valence-corrected chi connectivity index (χ1v) is 7.42. The molecule has 3 rings (SSSR count). The number of benzene rings is 1. The van der Waals surface area contributed by atoms with Crippen molar-refractivity contribution in [3.8, 4) is 5.75 Å². The van der Waals surface area contributed by atoms with Crippen molar-refractivity contribution in [3.63, 3.8) is 0 Å². The minimum absolute atomic E-state index is 0.104. The normalized spacial score (nSPS) is 27.4. The summed E-state index contributed by atoms with van der Waals surface area (Å²) in [5, 5.41) is 29.0. The maximum Gasteiger partial charge on any atom is 0.336 e. The average Bonchev–Trinajstić information content (AvgIpc) is 2.52. The van der Waals surface area contributed by atoms with E-state index in [9.17, 15) is 19.4 Å². The zero-order valence-corrected chi connectivity index (χ0v) is 12.8. The monoisotopic (exact) mass is 340 g/mol. The maximum absolute atomic E-state index is 14.2. The smallest absolute Gasteiger partial charge is 0.336 e. The van der Waals surface area contributed by atoms with E-state index in [2.05, 4.69) is 0 Å². The summed E-state index contributed by atoms with van der Waals surface area (Å²) in [5.74, 6) is -0.911. The number of hydrogen-bond acceptors (Lipinski definition) is 7. The van der Waals surface area contributed by atoms with Gasteiger partial charge in [0.25, 0.3) is 0 Å². The Kier molecular flexibility index (Phi) is 4.55. The largest absolute Gasteiger partial charge is 0.462 e. The van der Waals surface area contributed by atoms with Gasteiger partial charge in [-0.25, -0.2) is 9.18 Å². The molecular formula is C16H17FO7. The van der Waals surface area contributed by atoms with Crippen LogP contribution in [0, 0.1) is 12.7 Å². The highest BCUT2D eigenvalue weighted by Crippen LogP contribution is 2.29. The number of ether oxygens (including phenoxy) is 2. The van der Waals surface area contributed by atoms with E-state index < -0.39 is 42.7 Å². The lowest BCUT2D eigenvalue weighted by Gasteiger charge is -2.36. The second-order valence-electron chi connectivity index (χ2n) is 5.73. The summed E-state index contributed by atoms with van der Waals surface area (Å²) in [7, 11) is 0. The van der Waals surface area contributed by atoms with E-state index in [1.165, 1.54) is 18.2 Å². The first-order valence-electron chi connectivity index (χ1n) is 7.42. The highest BCUT2D eigenvalue weighted by molar-refractivity contribution is 5.81. The highest BCUT2D eigenvalue weighted by Gasteiger charge is 2.37. The van der Waals surface area contributed by atoms with Crippen molar-refractivity contribution in [2.75, 3.05) is 6.61 Å². The summed E-state index contributed by atoms with van der Waals surface area (Å²) in [6.45, 7) is 1.14. The maximum atomic E-state index is 14.2. The van der Waals surface area contributed by atoms with Gasteiger partial charge >= 0.3 is 5.63 Å². The van der Waals surface area contributed by atoms with Gasteiger partial charge < -0.3 is 29.2 Å². The molecule has 2 aromatic rings. The van der Waals surface area contributed by atoms with Crippen LogP contribution in [0.25, 0.3) is 11.0 Å². The van der Waals surface area contributed by atoms with E-state index >= 15 is 0 Å². The Morgan fingerprint density at radius 1 is 1.33 bits per heavy atom. The summed E-state index contributed by atoms with van der Waals surface area (Å²) in [5.41, 5.74) is 0.163. The molecule has 4 atom stereocenters. The molecule has 1 saturated heterocycles. The van der Waals surface area contributed by atoms with Gasteiger partial charge in [0.1, 0.15) is 17.8 Å². The fourth-order valence-corrected chi connectivity index (χ4v) is 2.69. The fourth-order valence-electron chi connectivity index (χ4n) is 2.69. The SMILES string of the molecule is Cc1cc(=O)oc2cc(O[C@@H]3CC(O)[C@H](O)C(CO)O3)c(F)cc12. The molecule has 8 heteroatoms. The molecule has 1 aliphatic heterocycles. The summed E-state index contributed by atoms with van der Waals surface area (Å²) < 4.78 is 30.0. The van der Waals surface area contributed by atoms with Gasteiger partial charge in [0.05, 0.1) is 12.7 Å². The van der Waals surface area contributed by atoms with Gasteiger partial charge in [-0.1, -0.05) is 0 Å². The van der Waals surface area contributed by atoms with Crippen molar-refractivity contribution in [3.05, 3.63) is 40.0 Å². The van der Waals surface area contributed by atoms with Crippen molar-refractivity contribution in [2.24, 2.45) is 0 Å². The quantitative estimate of drug-likeness (QED) is 0.696. The van der Waals surface area contributed by atoms with Crippen LogP contribution >= 0.6 is 0 Å². The topological polar surface area (TPSA) is 109 Å². The van der Waals surface area contributed by atoms with E-state index in [1.807, 2.05) is 0 Å². The lowest BCUT2D eigenvalue weighted by molar-refractivity contribution is -0.230. The molecule has 7 nitrogen and oxygen atoms in total. The highest BCUT2D eigenvalue weighted by atomic mass is 19.1. The number of halogens is 1. The number of fused-ring (bicyclic) bond motifs is 1. The molecule has 0 spiro atoms. The summed E-state index contributed by atoms with van der Waals surface area (Å²) in [6.07, 6.45) is -4.64. The molecule has 0 radical (unpaired) electrons. The van der Waals surface area contributed by atoms with Crippen LogP contribution in [-0.2, 0) is 4.74 Å². The number of rotatable bonds is 3. The molecule has 0 aliphatic carbocycles. The predicted octanol–water partition coefficient (Wildman–Crippen LogP) is 0.448. The second kappa shape index (κ2) is 6.48. The molecule has 1 aromatic carbocycles. The zero-order valence-electron chi connectivity index (χ0n) is 12.8. The van der Waals surface area contributed by atoms with Gasteiger partial charge in [-0.15, -0.1) is 0 Å². The zero-order chi connectivity index (χ0) is 17.4. The third kappa shape index (κ3) is 3.13. The standard InChI is InChI=1S/C16H17FO7/c1-7-2-14(20)22-11-5-12(9(17)3-8(7)11)23-15-4-10(19)16(21)13(6-18)24-15/h2-3,5,10,13,15-16,18-19,21H,4,6H2,1H3/t10?,13?,15-,16-/m0/s1. The van der Waals surface area contributed by atoms with E-state index in [0.717, 1.165) is 0 Å². The molecule has 130 valence electrons. The number of aryl methyl sites for hydroxylation is 1. The Morgan fingerprint density at radius 3 is 2.79 bits per heavy atom. The van der Waals surface area contributed by atoms with E-state index in [1.54, 1.807) is 6.92 Å². The molecule has 1 fully saturated rings. The first kappa shape index (κ1) is 16.8. The van der Waals surface area contributed by atoms with Crippen LogP contribution in [0.1, 0.15) is 12.0 Å². The third-order valence-electron chi connectivity index (χ3n) is 3.98. The average molecular weight is 340 g/mol. The Bertz CT molecular complexity index is 803. The van der Waals surface area contributed by atoms with Gasteiger partial charge in [0.15, 0.2) is 11.6 Å². The van der Waals surface area contributed by atoms with Gasteiger partial charge in [-0.05, 0) is 18.6 Å². The number of hydrogen-bond donors (Lipinski definition) is 3. The van der Waals surface area contributed by atoms with Gasteiger partial charge in [-0.3, -0.25) is 0 Å². The summed E-state index contributed by atoms with van der Waals surface area (Å²) in [4.78, 5) is 11.4. The first-order chi connectivity index (χ1) is 11.4. The van der Waals surface area contributed by atoms with E-state index in [0.29, 0.717) is 10.9 Å². The molecule has 2 heterocycles. The molecule has 1 aromatic heterocycles. The second-order valence-corrected chi connectivity index (χ2v) is 5.73. The number of aliphatic hydroxyl groups is 3. The Balaban J connectivity index is 1.90. The molecular weight excluding hydrogens is 323 g/mol. The molecule has 0 saturated carbocycles. The van der Waals surface area contributed by atoms with E-state index in [4.69, 9.17) is 19.0 Å². The van der Waals surface area contributed by atoms with Crippen molar-refractivity contribution in [1.82, 2.24) is 0 Å². The Hall–Kier alpha value is -2.00. The lowest BCUT2D eigenvalue weighted by atomic mass is 10.0. The van der Waals surface area contributed by atoms with Crippen molar-refractivity contribution in [1.29, 1.82) is 0 Å². The molecule has 0 bridgehead atoms. The minimum atomic E-state index is -1.25. The molecule has 0 amide bonds. The van der Waals surface area contributed by atoms with E-state index in [-0.39, 0.29) is 17.8 Å². The van der Waals surface area contributed by atoms with Crippen molar-refractivity contribution in [2.45, 2.75) is 37.9 Å². The molecule has 3 N–H and O–H groups in total. The minimum Gasteiger partial charge on any atom is -0.462 e. The van der Waals surface area contributed by atoms with Crippen LogP contribution in [-0.4, -0.2) is 46.5 Å².